The van der Waals surface area contributed by atoms with Crippen molar-refractivity contribution in [1.82, 2.24) is 4.90 Å². The highest BCUT2D eigenvalue weighted by molar-refractivity contribution is 9.10. The molecule has 2 atom stereocenters. The fourth-order valence-electron chi connectivity index (χ4n) is 1.62. The second kappa shape index (κ2) is 8.29. The molecular weight excluding hydrogens is 358 g/mol. The van der Waals surface area contributed by atoms with Gasteiger partial charge in [-0.25, -0.2) is 4.79 Å². The van der Waals surface area contributed by atoms with Crippen LogP contribution in [-0.4, -0.2) is 44.9 Å². The van der Waals surface area contributed by atoms with Gasteiger partial charge >= 0.3 is 5.97 Å². The Labute approximate surface area is 134 Å². The minimum absolute atomic E-state index is 0.191. The summed E-state index contributed by atoms with van der Waals surface area (Å²) in [6.07, 6.45) is 0.647. The molecule has 0 heterocycles. The minimum atomic E-state index is -1.15. The summed E-state index contributed by atoms with van der Waals surface area (Å²) in [5.74, 6) is -0.912. The molecule has 116 valence electrons. The maximum absolute atomic E-state index is 12.0. The molecule has 0 aromatic heterocycles. The number of benzene rings is 1. The molecule has 1 aromatic carbocycles. The van der Waals surface area contributed by atoms with Crippen molar-refractivity contribution in [2.45, 2.75) is 30.7 Å². The van der Waals surface area contributed by atoms with Gasteiger partial charge in [-0.1, -0.05) is 15.9 Å². The van der Waals surface area contributed by atoms with E-state index in [2.05, 4.69) is 15.9 Å². The van der Waals surface area contributed by atoms with Crippen molar-refractivity contribution in [2.24, 2.45) is 0 Å². The van der Waals surface area contributed by atoms with Crippen LogP contribution in [-0.2, 0) is 20.4 Å². The van der Waals surface area contributed by atoms with Crippen LogP contribution in [0.2, 0.25) is 0 Å². The average molecular weight is 376 g/mol. The van der Waals surface area contributed by atoms with Gasteiger partial charge in [-0.2, -0.15) is 0 Å². The van der Waals surface area contributed by atoms with Gasteiger partial charge in [-0.05, 0) is 37.6 Å². The van der Waals surface area contributed by atoms with Crippen LogP contribution in [0.1, 0.15) is 19.8 Å². The molecule has 0 radical (unpaired) electrons. The number of carbonyl (C=O) groups is 2. The SMILES string of the molecule is CC(C(=O)O)N(C)C(=O)CCCS(=O)c1ccc(Br)cc1. The zero-order valence-corrected chi connectivity index (χ0v) is 14.3. The van der Waals surface area contributed by atoms with Gasteiger partial charge in [0.05, 0.1) is 10.8 Å². The molecule has 2 unspecified atom stereocenters. The number of likely N-dealkylation sites (N-methyl/N-ethyl adjacent to an activating group) is 1. The summed E-state index contributed by atoms with van der Waals surface area (Å²) in [5.41, 5.74) is 0. The third-order valence-corrected chi connectivity index (χ3v) is 5.11. The van der Waals surface area contributed by atoms with Gasteiger partial charge in [0, 0.05) is 28.6 Å². The summed E-state index contributed by atoms with van der Waals surface area (Å²) in [7, 11) is 0.316. The number of carbonyl (C=O) groups excluding carboxylic acids is 1. The number of hydrogen-bond donors (Lipinski definition) is 1. The molecule has 1 amide bonds. The summed E-state index contributed by atoms with van der Waals surface area (Å²) in [6.45, 7) is 1.46. The lowest BCUT2D eigenvalue weighted by Gasteiger charge is -2.21. The van der Waals surface area contributed by atoms with Gasteiger partial charge < -0.3 is 10.0 Å². The van der Waals surface area contributed by atoms with Crippen LogP contribution in [0, 0.1) is 0 Å². The smallest absolute Gasteiger partial charge is 0.326 e. The first-order valence-corrected chi connectivity index (χ1v) is 8.56. The van der Waals surface area contributed by atoms with Gasteiger partial charge in [0.1, 0.15) is 6.04 Å². The molecule has 1 aromatic rings. The topological polar surface area (TPSA) is 74.7 Å². The number of carboxylic acid groups (broad SMARTS) is 1. The second-order valence-electron chi connectivity index (χ2n) is 4.63. The summed E-state index contributed by atoms with van der Waals surface area (Å²) in [6, 6.07) is 6.34. The summed E-state index contributed by atoms with van der Waals surface area (Å²) < 4.78 is 12.9. The molecule has 0 saturated heterocycles. The molecule has 1 rings (SSSR count). The van der Waals surface area contributed by atoms with Gasteiger partial charge in [0.25, 0.3) is 0 Å². The first-order chi connectivity index (χ1) is 9.82. The Morgan fingerprint density at radius 1 is 1.33 bits per heavy atom. The molecule has 0 saturated carbocycles. The quantitative estimate of drug-likeness (QED) is 0.792. The van der Waals surface area contributed by atoms with E-state index in [1.54, 1.807) is 12.1 Å². The predicted molar refractivity (Wildman–Crippen MR) is 84.5 cm³/mol. The molecule has 0 aliphatic heterocycles. The normalized spacial score (nSPS) is 13.5. The van der Waals surface area contributed by atoms with E-state index in [0.717, 1.165) is 9.37 Å². The van der Waals surface area contributed by atoms with Gasteiger partial charge in [-0.15, -0.1) is 0 Å². The van der Waals surface area contributed by atoms with Crippen molar-refractivity contribution in [3.8, 4) is 0 Å². The van der Waals surface area contributed by atoms with Crippen molar-refractivity contribution >= 4 is 38.6 Å². The standard InChI is InChI=1S/C14H18BrNO4S/c1-10(14(18)19)16(2)13(17)4-3-9-21(20)12-7-5-11(15)6-8-12/h5-8,10H,3-4,9H2,1-2H3,(H,18,19). The fourth-order valence-corrected chi connectivity index (χ4v) is 2.96. The van der Waals surface area contributed by atoms with E-state index in [9.17, 15) is 13.8 Å². The first-order valence-electron chi connectivity index (χ1n) is 6.45. The minimum Gasteiger partial charge on any atom is -0.480 e. The lowest BCUT2D eigenvalue weighted by Crippen LogP contribution is -2.40. The van der Waals surface area contributed by atoms with Gasteiger partial charge in [-0.3, -0.25) is 9.00 Å². The number of halogens is 1. The largest absolute Gasteiger partial charge is 0.480 e. The Morgan fingerprint density at radius 2 is 1.90 bits per heavy atom. The summed E-state index contributed by atoms with van der Waals surface area (Å²) in [4.78, 5) is 24.5. The number of aliphatic carboxylic acids is 1. The second-order valence-corrected chi connectivity index (χ2v) is 7.11. The van der Waals surface area contributed by atoms with E-state index in [1.807, 2.05) is 12.1 Å². The molecule has 0 spiro atoms. The van der Waals surface area contributed by atoms with Crippen LogP contribution in [0.3, 0.4) is 0 Å². The molecule has 21 heavy (non-hydrogen) atoms. The van der Waals surface area contributed by atoms with Crippen molar-refractivity contribution < 1.29 is 18.9 Å². The van der Waals surface area contributed by atoms with E-state index in [-0.39, 0.29) is 12.3 Å². The highest BCUT2D eigenvalue weighted by Gasteiger charge is 2.21. The van der Waals surface area contributed by atoms with Crippen molar-refractivity contribution in [1.29, 1.82) is 0 Å². The number of nitrogens with zero attached hydrogens (tertiary/aromatic N) is 1. The lowest BCUT2D eigenvalue weighted by atomic mass is 10.2. The number of hydrogen-bond acceptors (Lipinski definition) is 3. The van der Waals surface area contributed by atoms with E-state index < -0.39 is 22.8 Å². The van der Waals surface area contributed by atoms with Crippen LogP contribution in [0.25, 0.3) is 0 Å². The van der Waals surface area contributed by atoms with Gasteiger partial charge in [0.2, 0.25) is 5.91 Å². The molecule has 1 N–H and O–H groups in total. The van der Waals surface area contributed by atoms with Crippen LogP contribution >= 0.6 is 15.9 Å². The number of rotatable bonds is 7. The molecule has 0 aliphatic carbocycles. The highest BCUT2D eigenvalue weighted by Crippen LogP contribution is 2.14. The third kappa shape index (κ3) is 5.59. The zero-order chi connectivity index (χ0) is 16.0. The number of carboxylic acids is 1. The Hall–Kier alpha value is -1.21. The Kier molecular flexibility index (Phi) is 7.04. The lowest BCUT2D eigenvalue weighted by molar-refractivity contribution is -0.148. The van der Waals surface area contributed by atoms with E-state index in [1.165, 1.54) is 18.9 Å². The molecule has 0 aliphatic rings. The van der Waals surface area contributed by atoms with Crippen LogP contribution in [0.15, 0.2) is 33.6 Å². The van der Waals surface area contributed by atoms with Crippen LogP contribution in [0.5, 0.6) is 0 Å². The Bertz CT molecular complexity index is 532. The van der Waals surface area contributed by atoms with Crippen molar-refractivity contribution in [2.75, 3.05) is 12.8 Å². The maximum atomic E-state index is 12.0. The first kappa shape index (κ1) is 17.8. The predicted octanol–water partition coefficient (Wildman–Crippen LogP) is 2.27. The van der Waals surface area contributed by atoms with E-state index >= 15 is 0 Å². The molecular formula is C14H18BrNO4S. The number of amides is 1. The summed E-state index contributed by atoms with van der Waals surface area (Å²) in [5, 5.41) is 8.84. The van der Waals surface area contributed by atoms with Crippen LogP contribution < -0.4 is 0 Å². The Morgan fingerprint density at radius 3 is 2.43 bits per heavy atom. The summed E-state index contributed by atoms with van der Waals surface area (Å²) >= 11 is 3.31. The Balaban J connectivity index is 2.42. The third-order valence-electron chi connectivity index (χ3n) is 3.13. The monoisotopic (exact) mass is 375 g/mol. The van der Waals surface area contributed by atoms with Crippen LogP contribution in [0.4, 0.5) is 0 Å². The molecule has 7 heteroatoms. The van der Waals surface area contributed by atoms with E-state index in [4.69, 9.17) is 5.11 Å². The molecule has 0 fully saturated rings. The van der Waals surface area contributed by atoms with Crippen molar-refractivity contribution in [3.63, 3.8) is 0 Å². The fraction of sp³-hybridized carbons (Fsp3) is 0.429. The van der Waals surface area contributed by atoms with E-state index in [0.29, 0.717) is 12.2 Å². The zero-order valence-electron chi connectivity index (χ0n) is 11.9. The maximum Gasteiger partial charge on any atom is 0.326 e. The molecule has 5 nitrogen and oxygen atoms in total. The molecule has 0 bridgehead atoms. The highest BCUT2D eigenvalue weighted by atomic mass is 79.9. The average Bonchev–Trinajstić information content (AvgIpc) is 2.45. The van der Waals surface area contributed by atoms with Gasteiger partial charge in [0.15, 0.2) is 0 Å². The van der Waals surface area contributed by atoms with Crippen molar-refractivity contribution in [3.05, 3.63) is 28.7 Å².